The van der Waals surface area contributed by atoms with Crippen molar-refractivity contribution in [2.45, 2.75) is 92.3 Å². The Labute approximate surface area is 226 Å². The summed E-state index contributed by atoms with van der Waals surface area (Å²) < 4.78 is 5.46. The smallest absolute Gasteiger partial charge is 0.417 e. The lowest BCUT2D eigenvalue weighted by molar-refractivity contribution is -0.139. The third kappa shape index (κ3) is 8.31. The molecule has 0 saturated carbocycles. The quantitative estimate of drug-likeness (QED) is 0.417. The number of phenolic OH excluding ortho intramolecular Hbond substituents is 1. The molecule has 0 saturated heterocycles. The summed E-state index contributed by atoms with van der Waals surface area (Å²) in [6.07, 6.45) is 0.733. The van der Waals surface area contributed by atoms with Gasteiger partial charge in [-0.3, -0.25) is 9.59 Å². The van der Waals surface area contributed by atoms with Crippen molar-refractivity contribution in [2.75, 3.05) is 6.54 Å². The third-order valence-corrected chi connectivity index (χ3v) is 6.56. The second kappa shape index (κ2) is 12.9. The van der Waals surface area contributed by atoms with Gasteiger partial charge in [0.25, 0.3) is 0 Å². The van der Waals surface area contributed by atoms with Crippen LogP contribution in [-0.4, -0.2) is 52.1 Å². The van der Waals surface area contributed by atoms with Gasteiger partial charge >= 0.3 is 6.09 Å². The van der Waals surface area contributed by atoms with Crippen LogP contribution in [0.3, 0.4) is 0 Å². The maximum Gasteiger partial charge on any atom is 0.417 e. The number of carbonyl (C=O) groups excluding carboxylic acids is 3. The van der Waals surface area contributed by atoms with Crippen LogP contribution < -0.4 is 11.1 Å². The number of nitrogens with zero attached hydrogens (tertiary/aromatic N) is 1. The molecular weight excluding hydrogens is 482 g/mol. The molecule has 8 nitrogen and oxygen atoms in total. The molecule has 2 rings (SSSR count). The van der Waals surface area contributed by atoms with Gasteiger partial charge in [0.05, 0.1) is 6.04 Å². The number of benzene rings is 2. The van der Waals surface area contributed by atoms with Crippen LogP contribution in [0.5, 0.6) is 5.75 Å². The first-order chi connectivity index (χ1) is 17.6. The Morgan fingerprint density at radius 1 is 1.00 bits per heavy atom. The molecule has 0 unspecified atom stereocenters. The highest BCUT2D eigenvalue weighted by atomic mass is 16.6. The zero-order valence-corrected chi connectivity index (χ0v) is 24.0. The Bertz CT molecular complexity index is 1130. The van der Waals surface area contributed by atoms with E-state index in [9.17, 15) is 19.5 Å². The number of imide groups is 1. The Morgan fingerprint density at radius 3 is 2.08 bits per heavy atom. The molecule has 8 heteroatoms. The molecule has 2 aromatic rings. The van der Waals surface area contributed by atoms with E-state index < -0.39 is 35.6 Å². The topological polar surface area (TPSA) is 122 Å². The first kappa shape index (κ1) is 30.8. The Kier molecular flexibility index (Phi) is 10.5. The lowest BCUT2D eigenvalue weighted by Crippen LogP contribution is -2.57. The highest BCUT2D eigenvalue weighted by Gasteiger charge is 2.37. The van der Waals surface area contributed by atoms with E-state index in [-0.39, 0.29) is 12.2 Å². The van der Waals surface area contributed by atoms with Gasteiger partial charge in [-0.15, -0.1) is 0 Å². The number of aryl methyl sites for hydroxylation is 4. The SMILES string of the molecule is Cc1cccc(C)c1CCCNC(=O)[C@@H](C)N(C(=O)OC(C)(C)C)C(=O)[C@@H](N)Cc1c(C)cc(O)cc1C. The van der Waals surface area contributed by atoms with E-state index in [2.05, 4.69) is 31.3 Å². The van der Waals surface area contributed by atoms with Gasteiger partial charge in [0.15, 0.2) is 0 Å². The minimum Gasteiger partial charge on any atom is -0.508 e. The van der Waals surface area contributed by atoms with Crippen molar-refractivity contribution in [1.82, 2.24) is 10.2 Å². The number of carbonyl (C=O) groups is 3. The fourth-order valence-electron chi connectivity index (χ4n) is 4.51. The molecule has 0 spiro atoms. The van der Waals surface area contributed by atoms with Crippen LogP contribution in [0, 0.1) is 27.7 Å². The lowest BCUT2D eigenvalue weighted by atomic mass is 9.95. The normalized spacial score (nSPS) is 13.0. The second-order valence-corrected chi connectivity index (χ2v) is 11.0. The third-order valence-electron chi connectivity index (χ3n) is 6.56. The van der Waals surface area contributed by atoms with E-state index in [0.29, 0.717) is 13.0 Å². The number of rotatable bonds is 9. The Balaban J connectivity index is 2.15. The summed E-state index contributed by atoms with van der Waals surface area (Å²) in [5, 5.41) is 12.7. The molecule has 0 aromatic heterocycles. The first-order valence-corrected chi connectivity index (χ1v) is 13.1. The minimum atomic E-state index is -1.12. The zero-order valence-electron chi connectivity index (χ0n) is 24.0. The number of nitrogens with two attached hydrogens (primary N) is 1. The highest BCUT2D eigenvalue weighted by Crippen LogP contribution is 2.23. The summed E-state index contributed by atoms with van der Waals surface area (Å²) in [5.74, 6) is -1.04. The number of hydrogen-bond acceptors (Lipinski definition) is 6. The summed E-state index contributed by atoms with van der Waals surface area (Å²) in [6.45, 7) is 14.7. The van der Waals surface area contributed by atoms with Gasteiger partial charge in [0.2, 0.25) is 11.8 Å². The number of hydrogen-bond donors (Lipinski definition) is 3. The van der Waals surface area contributed by atoms with Crippen LogP contribution >= 0.6 is 0 Å². The molecule has 0 aliphatic carbocycles. The zero-order chi connectivity index (χ0) is 28.8. The van der Waals surface area contributed by atoms with Gasteiger partial charge in [-0.1, -0.05) is 18.2 Å². The number of nitrogens with one attached hydrogen (secondary N) is 1. The number of ether oxygens (including phenoxy) is 1. The van der Waals surface area contributed by atoms with E-state index in [1.165, 1.54) is 23.6 Å². The van der Waals surface area contributed by atoms with Crippen LogP contribution in [0.2, 0.25) is 0 Å². The van der Waals surface area contributed by atoms with Crippen molar-refractivity contribution in [3.05, 3.63) is 63.7 Å². The predicted molar refractivity (Wildman–Crippen MR) is 149 cm³/mol. The molecule has 2 atom stereocenters. The molecule has 0 fully saturated rings. The Morgan fingerprint density at radius 2 is 1.55 bits per heavy atom. The summed E-state index contributed by atoms with van der Waals surface area (Å²) in [6, 6.07) is 7.14. The van der Waals surface area contributed by atoms with E-state index >= 15 is 0 Å². The molecule has 0 aliphatic heterocycles. The molecular formula is C30H43N3O5. The van der Waals surface area contributed by atoms with Crippen LogP contribution in [0.25, 0.3) is 0 Å². The molecule has 38 heavy (non-hydrogen) atoms. The largest absolute Gasteiger partial charge is 0.508 e. The number of amides is 3. The summed E-state index contributed by atoms with van der Waals surface area (Å²) in [4.78, 5) is 40.4. The molecule has 0 aliphatic rings. The molecule has 4 N–H and O–H groups in total. The van der Waals surface area contributed by atoms with Gasteiger partial charge in [0.1, 0.15) is 17.4 Å². The van der Waals surface area contributed by atoms with Gasteiger partial charge in [-0.2, -0.15) is 0 Å². The standard InChI is InChI=1S/C30H43N3O5/c1-18-11-9-12-19(2)24(18)13-10-14-32-27(35)22(5)33(29(37)38-30(6,7)8)28(36)26(31)17-25-20(3)15-23(34)16-21(25)4/h9,11-12,15-16,22,26,34H,10,13-14,17,31H2,1-8H3,(H,32,35)/t22-,26+/m1/s1. The average Bonchev–Trinajstić information content (AvgIpc) is 2.79. The van der Waals surface area contributed by atoms with Crippen LogP contribution in [0.15, 0.2) is 30.3 Å². The lowest BCUT2D eigenvalue weighted by Gasteiger charge is -2.31. The van der Waals surface area contributed by atoms with Crippen LogP contribution in [-0.2, 0) is 27.2 Å². The van der Waals surface area contributed by atoms with Crippen molar-refractivity contribution in [3.63, 3.8) is 0 Å². The fraction of sp³-hybridized carbons (Fsp3) is 0.500. The van der Waals surface area contributed by atoms with E-state index in [1.807, 2.05) is 19.9 Å². The fourth-order valence-corrected chi connectivity index (χ4v) is 4.51. The molecule has 0 bridgehead atoms. The van der Waals surface area contributed by atoms with Crippen molar-refractivity contribution >= 4 is 17.9 Å². The summed E-state index contributed by atoms with van der Waals surface area (Å²) in [7, 11) is 0. The maximum absolute atomic E-state index is 13.5. The van der Waals surface area contributed by atoms with E-state index in [0.717, 1.165) is 28.0 Å². The van der Waals surface area contributed by atoms with Gasteiger partial charge in [0, 0.05) is 6.54 Å². The van der Waals surface area contributed by atoms with Crippen molar-refractivity contribution in [2.24, 2.45) is 5.73 Å². The summed E-state index contributed by atoms with van der Waals surface area (Å²) in [5.41, 5.74) is 11.5. The Hall–Kier alpha value is -3.39. The monoisotopic (exact) mass is 525 g/mol. The van der Waals surface area contributed by atoms with E-state index in [4.69, 9.17) is 10.5 Å². The minimum absolute atomic E-state index is 0.127. The van der Waals surface area contributed by atoms with Crippen molar-refractivity contribution in [1.29, 1.82) is 0 Å². The van der Waals surface area contributed by atoms with Gasteiger partial charge in [-0.25, -0.2) is 9.69 Å². The molecule has 0 heterocycles. The number of phenols is 1. The molecule has 2 aromatic carbocycles. The van der Waals surface area contributed by atoms with Crippen LogP contribution in [0.1, 0.15) is 67.5 Å². The average molecular weight is 526 g/mol. The summed E-state index contributed by atoms with van der Waals surface area (Å²) >= 11 is 0. The maximum atomic E-state index is 13.5. The second-order valence-electron chi connectivity index (χ2n) is 11.0. The van der Waals surface area contributed by atoms with Crippen LogP contribution in [0.4, 0.5) is 4.79 Å². The van der Waals surface area contributed by atoms with E-state index in [1.54, 1.807) is 32.9 Å². The van der Waals surface area contributed by atoms with Crippen molar-refractivity contribution in [3.8, 4) is 5.75 Å². The molecule has 3 amide bonds. The predicted octanol–water partition coefficient (Wildman–Crippen LogP) is 4.40. The molecule has 0 radical (unpaired) electrons. The van der Waals surface area contributed by atoms with Gasteiger partial charge in [-0.05, 0) is 120 Å². The molecule has 208 valence electrons. The van der Waals surface area contributed by atoms with Gasteiger partial charge < -0.3 is 20.9 Å². The number of aromatic hydroxyl groups is 1. The first-order valence-electron chi connectivity index (χ1n) is 13.1. The van der Waals surface area contributed by atoms with Crippen molar-refractivity contribution < 1.29 is 24.2 Å². The highest BCUT2D eigenvalue weighted by molar-refractivity contribution is 6.00.